The van der Waals surface area contributed by atoms with Gasteiger partial charge in [0.2, 0.25) is 0 Å². The molecule has 11 N–H and O–H groups in total. The van der Waals surface area contributed by atoms with Crippen LogP contribution in [-0.2, 0) is 0 Å². The zero-order chi connectivity index (χ0) is 58.7. The van der Waals surface area contributed by atoms with Gasteiger partial charge in [-0.2, -0.15) is 10.2 Å². The number of nitrogens with two attached hydrogens (primary N) is 4. The van der Waals surface area contributed by atoms with Crippen LogP contribution in [0.1, 0.15) is 74.8 Å². The summed E-state index contributed by atoms with van der Waals surface area (Å²) in [5.41, 5.74) is 30.9. The number of carbonyl (C=O) groups is 4. The molecule has 0 atom stereocenters. The molecule has 0 saturated heterocycles. The highest BCUT2D eigenvalue weighted by atomic mass is 79.9. The van der Waals surface area contributed by atoms with E-state index in [9.17, 15) is 19.2 Å². The van der Waals surface area contributed by atoms with E-state index < -0.39 is 10.5 Å². The minimum absolute atomic E-state index is 0.0774. The summed E-state index contributed by atoms with van der Waals surface area (Å²) in [7, 11) is 0. The number of hydrazine groups is 1. The number of rotatable bonds is 12. The Kier molecular flexibility index (Phi) is 28.9. The molecule has 23 heteroatoms. The molecule has 0 saturated carbocycles. The van der Waals surface area contributed by atoms with E-state index >= 15 is 0 Å². The number of nitrogens with zero attached hydrogens (tertiary/aromatic N) is 2. The summed E-state index contributed by atoms with van der Waals surface area (Å²) >= 11 is 41.4. The summed E-state index contributed by atoms with van der Waals surface area (Å²) in [5, 5.41) is 7.94. The van der Waals surface area contributed by atoms with Gasteiger partial charge in [-0.1, -0.05) is 177 Å². The Morgan fingerprint density at radius 1 is 0.350 bits per heavy atom. The predicted molar refractivity (Wildman–Crippen MR) is 352 cm³/mol. The van der Waals surface area contributed by atoms with E-state index in [1.54, 1.807) is 54.6 Å². The summed E-state index contributed by atoms with van der Waals surface area (Å²) in [6, 6.07) is 60.4. The van der Waals surface area contributed by atoms with E-state index in [4.69, 9.17) is 64.8 Å². The van der Waals surface area contributed by atoms with Gasteiger partial charge in [-0.05, 0) is 163 Å². The van der Waals surface area contributed by atoms with Crippen LogP contribution in [0.4, 0.5) is 0 Å². The first-order valence-electron chi connectivity index (χ1n) is 22.7. The number of benzene rings is 8. The van der Waals surface area contributed by atoms with E-state index in [0.717, 1.165) is 44.6 Å². The molecule has 13 nitrogen and oxygen atoms in total. The van der Waals surface area contributed by atoms with E-state index in [1.165, 1.54) is 18.2 Å². The number of halogens is 7. The number of ketones is 2. The second-order valence-corrected chi connectivity index (χ2v) is 22.2. The molecule has 0 aliphatic heterocycles. The molecular formula is C57H44Br5Cl2N9O4S3. The molecule has 0 unspecified atom stereocenters. The van der Waals surface area contributed by atoms with Crippen LogP contribution in [0, 0.1) is 0 Å². The number of hydrogen-bond donors (Lipinski definition) is 7. The highest BCUT2D eigenvalue weighted by molar-refractivity contribution is 9.11. The molecule has 0 fully saturated rings. The van der Waals surface area contributed by atoms with Crippen LogP contribution >= 0.6 is 140 Å². The Hall–Kier alpha value is -6.21. The fourth-order valence-corrected chi connectivity index (χ4v) is 8.05. The Bertz CT molecular complexity index is 3320. The van der Waals surface area contributed by atoms with Gasteiger partial charge in [0.05, 0.1) is 11.4 Å². The van der Waals surface area contributed by atoms with Crippen LogP contribution in [0.5, 0.6) is 0 Å². The van der Waals surface area contributed by atoms with Gasteiger partial charge in [-0.3, -0.25) is 30.0 Å². The highest BCUT2D eigenvalue weighted by Gasteiger charge is 2.16. The first kappa shape index (κ1) is 66.3. The Balaban J connectivity index is 0.000000249. The van der Waals surface area contributed by atoms with Crippen molar-refractivity contribution in [2.24, 2.45) is 33.2 Å². The van der Waals surface area contributed by atoms with E-state index in [0.29, 0.717) is 33.7 Å². The van der Waals surface area contributed by atoms with Gasteiger partial charge in [-0.25, -0.2) is 5.84 Å². The average Bonchev–Trinajstić information content (AvgIpc) is 3.45. The van der Waals surface area contributed by atoms with Crippen molar-refractivity contribution in [3.8, 4) is 0 Å². The van der Waals surface area contributed by atoms with Gasteiger partial charge < -0.3 is 22.6 Å². The van der Waals surface area contributed by atoms with Crippen LogP contribution in [-0.4, -0.2) is 48.8 Å². The maximum atomic E-state index is 12.6. The second-order valence-electron chi connectivity index (χ2n) is 15.7. The summed E-state index contributed by atoms with van der Waals surface area (Å²) in [5.74, 6) is 4.45. The van der Waals surface area contributed by atoms with Gasteiger partial charge in [0.1, 0.15) is 0 Å². The quantitative estimate of drug-likeness (QED) is 0.0151. The smallest absolute Gasteiger partial charge is 0.252 e. The van der Waals surface area contributed by atoms with Crippen LogP contribution in [0.3, 0.4) is 0 Å². The van der Waals surface area contributed by atoms with E-state index in [-0.39, 0.29) is 38.0 Å². The van der Waals surface area contributed by atoms with Crippen molar-refractivity contribution in [2.45, 2.75) is 0 Å². The predicted octanol–water partition coefficient (Wildman–Crippen LogP) is 13.6. The fourth-order valence-electron chi connectivity index (χ4n) is 6.36. The largest absolute Gasteiger partial charge is 0.375 e. The van der Waals surface area contributed by atoms with Crippen molar-refractivity contribution < 1.29 is 19.2 Å². The van der Waals surface area contributed by atoms with Crippen molar-refractivity contribution >= 4 is 188 Å². The van der Waals surface area contributed by atoms with Crippen LogP contribution in [0.15, 0.2) is 233 Å². The topological polar surface area (TPSA) is 233 Å². The molecule has 8 aromatic rings. The molecule has 8 rings (SSSR count). The standard InChI is InChI=1S/C22H18Br2N6S2.C20H12Br2O2.C8H4Cl2O2.C6H5Br.CH5N3S/c23-17-8-4-13(5-9-17)19(27-29-21(25)31)15-2-1-3-16(12-15)20(28-30-22(26)32)14-6-10-18(24)11-7-14;21-17-8-4-13(5-9-17)19(23)15-2-1-3-16(12-15)20(24)14-6-10-18(22)11-7-14;9-7(11)5-2-1-3-6(4-5)8(10)12;7-6-4-2-1-3-5-6;2-1(5)4-3/h1-12H,(H3,25,29,31)(H3,26,30,32);1-12H;1-4H;1-5H;3H2,(H3,2,4,5). The molecule has 0 spiro atoms. The van der Waals surface area contributed by atoms with Gasteiger partial charge in [-0.15, -0.1) is 0 Å². The molecule has 80 heavy (non-hydrogen) atoms. The van der Waals surface area contributed by atoms with Gasteiger partial charge in [0.15, 0.2) is 26.9 Å². The molecule has 408 valence electrons. The third-order valence-electron chi connectivity index (χ3n) is 9.99. The monoisotopic (exact) mass is 1480 g/mol. The van der Waals surface area contributed by atoms with Crippen LogP contribution in [0.2, 0.25) is 0 Å². The summed E-state index contributed by atoms with van der Waals surface area (Å²) in [4.78, 5) is 46.4. The van der Waals surface area contributed by atoms with Crippen molar-refractivity contribution in [1.29, 1.82) is 0 Å². The number of nitrogens with one attached hydrogen (secondary N) is 3. The maximum Gasteiger partial charge on any atom is 0.252 e. The number of hydrogen-bond acceptors (Lipinski definition) is 10. The van der Waals surface area contributed by atoms with Crippen molar-refractivity contribution in [1.82, 2.24) is 16.3 Å². The molecule has 0 aromatic heterocycles. The van der Waals surface area contributed by atoms with Gasteiger partial charge in [0.25, 0.3) is 10.5 Å². The normalized spacial score (nSPS) is 10.4. The molecule has 8 aromatic carbocycles. The minimum atomic E-state index is -0.602. The molecule has 0 amide bonds. The maximum absolute atomic E-state index is 12.6. The number of hydrazone groups is 2. The fraction of sp³-hybridized carbons (Fsp3) is 0. The summed E-state index contributed by atoms with van der Waals surface area (Å²) in [6.07, 6.45) is 0. The SMILES string of the molecule is Brc1ccccc1.NC(=S)NN=C(c1ccc(Br)cc1)c1cccc(C(=NNC(N)=S)c2ccc(Br)cc2)c1.NNC(N)=S.O=C(Cl)c1cccc(C(=O)Cl)c1.O=C(c1ccc(Br)cc1)c1cccc(C(=O)c2ccc(Br)cc2)c1. The zero-order valence-electron chi connectivity index (χ0n) is 41.3. The zero-order valence-corrected chi connectivity index (χ0v) is 53.2. The highest BCUT2D eigenvalue weighted by Crippen LogP contribution is 2.22. The first-order valence-corrected chi connectivity index (χ1v) is 28.7. The molecule has 0 heterocycles. The van der Waals surface area contributed by atoms with E-state index in [1.807, 2.05) is 133 Å². The van der Waals surface area contributed by atoms with Crippen LogP contribution in [0.25, 0.3) is 0 Å². The molecule has 0 aliphatic rings. The van der Waals surface area contributed by atoms with E-state index in [2.05, 4.69) is 119 Å². The minimum Gasteiger partial charge on any atom is -0.375 e. The summed E-state index contributed by atoms with van der Waals surface area (Å²) < 4.78 is 4.89. The van der Waals surface area contributed by atoms with Crippen molar-refractivity contribution in [2.75, 3.05) is 0 Å². The Morgan fingerprint density at radius 2 is 0.613 bits per heavy atom. The molecule has 0 radical (unpaired) electrons. The second kappa shape index (κ2) is 34.8. The lowest BCUT2D eigenvalue weighted by molar-refractivity contribution is 0.103. The van der Waals surface area contributed by atoms with Crippen molar-refractivity contribution in [3.05, 3.63) is 278 Å². The third-order valence-corrected chi connectivity index (χ3v) is 13.4. The molecule has 0 bridgehead atoms. The Labute approximate surface area is 530 Å². The molecule has 0 aliphatic carbocycles. The summed E-state index contributed by atoms with van der Waals surface area (Å²) in [6.45, 7) is 0. The lowest BCUT2D eigenvalue weighted by atomic mass is 9.96. The average molecular weight is 1490 g/mol. The van der Waals surface area contributed by atoms with Crippen molar-refractivity contribution in [3.63, 3.8) is 0 Å². The third kappa shape index (κ3) is 23.5. The Morgan fingerprint density at radius 3 is 0.887 bits per heavy atom. The lowest BCUT2D eigenvalue weighted by Crippen LogP contribution is -2.34. The first-order chi connectivity index (χ1) is 38.1. The number of carbonyl (C=O) groups excluding carboxylic acids is 4. The van der Waals surface area contributed by atoms with Gasteiger partial charge >= 0.3 is 0 Å². The number of thiocarbonyl (C=S) groups is 3. The van der Waals surface area contributed by atoms with Crippen LogP contribution < -0.4 is 39.3 Å². The van der Waals surface area contributed by atoms with Gasteiger partial charge in [0, 0.05) is 78.0 Å². The molecular weight excluding hydrogens is 1440 g/mol. The lowest BCUT2D eigenvalue weighted by Gasteiger charge is -2.12.